The summed E-state index contributed by atoms with van der Waals surface area (Å²) in [7, 11) is 1.98. The lowest BCUT2D eigenvalue weighted by atomic mass is 10.1. The molecule has 0 aliphatic rings. The lowest BCUT2D eigenvalue weighted by Crippen LogP contribution is -2.29. The first kappa shape index (κ1) is 12.9. The van der Waals surface area contributed by atoms with Crippen LogP contribution in [-0.2, 0) is 0 Å². The summed E-state index contributed by atoms with van der Waals surface area (Å²) in [4.78, 5) is 0. The second kappa shape index (κ2) is 9.96. The predicted octanol–water partition coefficient (Wildman–Crippen LogP) is 0.431. The summed E-state index contributed by atoms with van der Waals surface area (Å²) in [5.74, 6) is 0.774. The first-order valence-electron chi connectivity index (χ1n) is 5.37. The molecule has 80 valence electrons. The van der Waals surface area contributed by atoms with Crippen LogP contribution in [0.4, 0.5) is 0 Å². The van der Waals surface area contributed by atoms with Crippen molar-refractivity contribution in [2.24, 2.45) is 5.92 Å². The van der Waals surface area contributed by atoms with Crippen LogP contribution in [0.25, 0.3) is 0 Å². The van der Waals surface area contributed by atoms with Crippen molar-refractivity contribution < 1.29 is 0 Å². The highest BCUT2D eigenvalue weighted by Crippen LogP contribution is 1.97. The molecule has 0 heterocycles. The molecule has 3 N–H and O–H groups in total. The molecular formula is C10H25N3. The number of rotatable bonds is 9. The van der Waals surface area contributed by atoms with E-state index >= 15 is 0 Å². The van der Waals surface area contributed by atoms with Crippen LogP contribution in [0, 0.1) is 5.92 Å². The Morgan fingerprint density at radius 3 is 2.46 bits per heavy atom. The maximum absolute atomic E-state index is 3.42. The average Bonchev–Trinajstić information content (AvgIpc) is 2.13. The quantitative estimate of drug-likeness (QED) is 0.458. The summed E-state index contributed by atoms with van der Waals surface area (Å²) >= 11 is 0. The van der Waals surface area contributed by atoms with Gasteiger partial charge in [-0.3, -0.25) is 0 Å². The van der Waals surface area contributed by atoms with Crippen molar-refractivity contribution in [3.63, 3.8) is 0 Å². The maximum atomic E-state index is 3.42. The Morgan fingerprint density at radius 2 is 1.85 bits per heavy atom. The predicted molar refractivity (Wildman–Crippen MR) is 59.1 cm³/mol. The molecule has 0 bridgehead atoms. The van der Waals surface area contributed by atoms with E-state index in [0.29, 0.717) is 0 Å². The summed E-state index contributed by atoms with van der Waals surface area (Å²) in [6, 6.07) is 0. The van der Waals surface area contributed by atoms with Crippen molar-refractivity contribution >= 4 is 0 Å². The zero-order valence-corrected chi connectivity index (χ0v) is 9.32. The lowest BCUT2D eigenvalue weighted by molar-refractivity contribution is 0.466. The van der Waals surface area contributed by atoms with Crippen LogP contribution < -0.4 is 16.0 Å². The summed E-state index contributed by atoms with van der Waals surface area (Å²) < 4.78 is 0. The monoisotopic (exact) mass is 187 g/mol. The van der Waals surface area contributed by atoms with Gasteiger partial charge in [-0.1, -0.05) is 13.8 Å². The fourth-order valence-electron chi connectivity index (χ4n) is 1.19. The number of nitrogens with one attached hydrogen (secondary N) is 3. The van der Waals surface area contributed by atoms with Crippen LogP contribution >= 0.6 is 0 Å². The van der Waals surface area contributed by atoms with Gasteiger partial charge in [0.1, 0.15) is 0 Å². The Labute approximate surface area is 82.7 Å². The molecule has 3 nitrogen and oxygen atoms in total. The summed E-state index contributed by atoms with van der Waals surface area (Å²) in [6.07, 6.45) is 1.26. The topological polar surface area (TPSA) is 36.1 Å². The first-order chi connectivity index (χ1) is 6.31. The van der Waals surface area contributed by atoms with Gasteiger partial charge in [0.05, 0.1) is 0 Å². The van der Waals surface area contributed by atoms with Gasteiger partial charge in [-0.15, -0.1) is 0 Å². The van der Waals surface area contributed by atoms with E-state index in [2.05, 4.69) is 29.8 Å². The van der Waals surface area contributed by atoms with Gasteiger partial charge >= 0.3 is 0 Å². The minimum atomic E-state index is 0.774. The number of hydrogen-bond donors (Lipinski definition) is 3. The van der Waals surface area contributed by atoms with Crippen molar-refractivity contribution in [3.8, 4) is 0 Å². The van der Waals surface area contributed by atoms with Crippen LogP contribution in [0.5, 0.6) is 0 Å². The van der Waals surface area contributed by atoms with Crippen LogP contribution in [0.1, 0.15) is 20.3 Å². The van der Waals surface area contributed by atoms with E-state index in [1.54, 1.807) is 0 Å². The standard InChI is InChI=1S/C10H25N3/c1-4-12-6-5-10(2)9-13-8-7-11-3/h10-13H,4-9H2,1-3H3/t10-/m1/s1. The zero-order valence-electron chi connectivity index (χ0n) is 9.32. The third kappa shape index (κ3) is 9.80. The Balaban J connectivity index is 3.05. The van der Waals surface area contributed by atoms with E-state index < -0.39 is 0 Å². The highest BCUT2D eigenvalue weighted by atomic mass is 14.9. The van der Waals surface area contributed by atoms with Crippen LogP contribution in [0.15, 0.2) is 0 Å². The molecular weight excluding hydrogens is 162 g/mol. The van der Waals surface area contributed by atoms with E-state index in [1.165, 1.54) is 6.42 Å². The third-order valence-corrected chi connectivity index (χ3v) is 2.11. The van der Waals surface area contributed by atoms with Crippen molar-refractivity contribution in [3.05, 3.63) is 0 Å². The van der Waals surface area contributed by atoms with E-state index in [1.807, 2.05) is 7.05 Å². The second-order valence-electron chi connectivity index (χ2n) is 3.56. The molecule has 0 saturated carbocycles. The summed E-state index contributed by atoms with van der Waals surface area (Å²) in [5.41, 5.74) is 0. The third-order valence-electron chi connectivity index (χ3n) is 2.11. The van der Waals surface area contributed by atoms with Gasteiger partial charge < -0.3 is 16.0 Å². The highest BCUT2D eigenvalue weighted by Gasteiger charge is 1.99. The number of hydrogen-bond acceptors (Lipinski definition) is 3. The van der Waals surface area contributed by atoms with Gasteiger partial charge in [0, 0.05) is 13.1 Å². The molecule has 3 heteroatoms. The van der Waals surface area contributed by atoms with Gasteiger partial charge in [-0.2, -0.15) is 0 Å². The first-order valence-corrected chi connectivity index (χ1v) is 5.37. The van der Waals surface area contributed by atoms with E-state index in [9.17, 15) is 0 Å². The molecule has 0 saturated heterocycles. The molecule has 13 heavy (non-hydrogen) atoms. The molecule has 0 amide bonds. The molecule has 0 rings (SSSR count). The molecule has 0 fully saturated rings. The minimum Gasteiger partial charge on any atom is -0.318 e. The Morgan fingerprint density at radius 1 is 1.08 bits per heavy atom. The van der Waals surface area contributed by atoms with Crippen LogP contribution in [0.2, 0.25) is 0 Å². The fraction of sp³-hybridized carbons (Fsp3) is 1.00. The zero-order chi connectivity index (χ0) is 9.94. The van der Waals surface area contributed by atoms with Crippen LogP contribution in [-0.4, -0.2) is 39.8 Å². The van der Waals surface area contributed by atoms with Crippen molar-refractivity contribution in [1.82, 2.24) is 16.0 Å². The molecule has 0 radical (unpaired) electrons. The molecule has 0 aliphatic carbocycles. The molecule has 0 aromatic heterocycles. The maximum Gasteiger partial charge on any atom is 0.00767 e. The Bertz CT molecular complexity index is 96.2. The summed E-state index contributed by atoms with van der Waals surface area (Å²) in [5, 5.41) is 9.88. The minimum absolute atomic E-state index is 0.774. The molecule has 0 aromatic rings. The largest absolute Gasteiger partial charge is 0.318 e. The van der Waals surface area contributed by atoms with Gasteiger partial charge in [0.25, 0.3) is 0 Å². The van der Waals surface area contributed by atoms with Crippen LogP contribution in [0.3, 0.4) is 0 Å². The lowest BCUT2D eigenvalue weighted by Gasteiger charge is -2.12. The SMILES string of the molecule is CCNCC[C@@H](C)CNCCNC. The number of likely N-dealkylation sites (N-methyl/N-ethyl adjacent to an activating group) is 1. The van der Waals surface area contributed by atoms with Gasteiger partial charge in [-0.05, 0) is 39.0 Å². The smallest absolute Gasteiger partial charge is 0.00767 e. The van der Waals surface area contributed by atoms with Crippen molar-refractivity contribution in [2.75, 3.05) is 39.8 Å². The fourth-order valence-corrected chi connectivity index (χ4v) is 1.19. The molecule has 1 atom stereocenters. The van der Waals surface area contributed by atoms with Crippen molar-refractivity contribution in [1.29, 1.82) is 0 Å². The van der Waals surface area contributed by atoms with E-state index in [-0.39, 0.29) is 0 Å². The van der Waals surface area contributed by atoms with Gasteiger partial charge in [0.15, 0.2) is 0 Å². The molecule has 0 aromatic carbocycles. The van der Waals surface area contributed by atoms with E-state index in [0.717, 1.165) is 38.6 Å². The highest BCUT2D eigenvalue weighted by molar-refractivity contribution is 4.59. The average molecular weight is 187 g/mol. The van der Waals surface area contributed by atoms with Gasteiger partial charge in [0.2, 0.25) is 0 Å². The normalized spacial score (nSPS) is 13.2. The van der Waals surface area contributed by atoms with Gasteiger partial charge in [-0.25, -0.2) is 0 Å². The molecule has 0 aliphatic heterocycles. The Hall–Kier alpha value is -0.120. The molecule has 0 unspecified atom stereocenters. The summed E-state index contributed by atoms with van der Waals surface area (Å²) in [6.45, 7) is 9.93. The second-order valence-corrected chi connectivity index (χ2v) is 3.56. The van der Waals surface area contributed by atoms with E-state index in [4.69, 9.17) is 0 Å². The van der Waals surface area contributed by atoms with Crippen molar-refractivity contribution in [2.45, 2.75) is 20.3 Å². The Kier molecular flexibility index (Phi) is 9.87. The molecule has 0 spiro atoms.